The molecule has 0 fully saturated rings. The summed E-state index contributed by atoms with van der Waals surface area (Å²) in [4.78, 5) is 33.7. The highest BCUT2D eigenvalue weighted by Gasteiger charge is 2.35. The van der Waals surface area contributed by atoms with Crippen molar-refractivity contribution in [3.63, 3.8) is 0 Å². The smallest absolute Gasteiger partial charge is 0.263 e. The van der Waals surface area contributed by atoms with E-state index in [1.807, 2.05) is 0 Å². The lowest BCUT2D eigenvalue weighted by Gasteiger charge is -2.16. The molecule has 0 aromatic heterocycles. The van der Waals surface area contributed by atoms with Crippen molar-refractivity contribution in [3.05, 3.63) is 35.4 Å². The zero-order valence-corrected chi connectivity index (χ0v) is 11.0. The summed E-state index contributed by atoms with van der Waals surface area (Å²) in [5, 5.41) is 0. The molecule has 0 saturated carbocycles. The number of imide groups is 1. The summed E-state index contributed by atoms with van der Waals surface area (Å²) in [6.07, 6.45) is 0. The van der Waals surface area contributed by atoms with E-state index in [-0.39, 0.29) is 6.73 Å². The number of thiol groups is 1. The Hall–Kier alpha value is -0.720. The van der Waals surface area contributed by atoms with Crippen LogP contribution in [0.4, 0.5) is 0 Å². The Balaban J connectivity index is 2.22. The Bertz CT molecular complexity index is 507. The first-order valence-corrected chi connectivity index (χ1v) is 8.38. The first kappa shape index (κ1) is 12.7. The van der Waals surface area contributed by atoms with E-state index < -0.39 is 17.5 Å². The van der Waals surface area contributed by atoms with Gasteiger partial charge in [0.25, 0.3) is 11.8 Å². The van der Waals surface area contributed by atoms with E-state index in [1.54, 1.807) is 24.3 Å². The van der Waals surface area contributed by atoms with Crippen LogP contribution in [0.2, 0.25) is 0 Å². The van der Waals surface area contributed by atoms with E-state index in [0.29, 0.717) is 11.1 Å². The van der Waals surface area contributed by atoms with Gasteiger partial charge >= 0.3 is 0 Å². The average Bonchev–Trinajstić information content (AvgIpc) is 2.49. The largest absolute Gasteiger partial charge is 0.338 e. The van der Waals surface area contributed by atoms with Gasteiger partial charge in [-0.05, 0) is 23.9 Å². The minimum Gasteiger partial charge on any atom is -0.338 e. The number of hydrogen-bond acceptors (Lipinski definition) is 4. The Labute approximate surface area is 108 Å². The monoisotopic (exact) mass is 289 g/mol. The van der Waals surface area contributed by atoms with Gasteiger partial charge < -0.3 is 4.89 Å². The number of hydrogen-bond donors (Lipinski definition) is 2. The first-order valence-electron chi connectivity index (χ1n) is 4.55. The van der Waals surface area contributed by atoms with Crippen LogP contribution in [0.1, 0.15) is 20.7 Å². The van der Waals surface area contributed by atoms with Gasteiger partial charge in [-0.2, -0.15) is 0 Å². The Morgan fingerprint density at radius 2 is 1.76 bits per heavy atom. The third-order valence-electron chi connectivity index (χ3n) is 2.23. The molecule has 0 saturated heterocycles. The quantitative estimate of drug-likeness (QED) is 0.500. The minimum atomic E-state index is -3.18. The third-order valence-corrected chi connectivity index (χ3v) is 3.35. The number of carbonyl (C=O) groups excluding carboxylic acids is 2. The lowest BCUT2D eigenvalue weighted by Crippen LogP contribution is -2.31. The van der Waals surface area contributed by atoms with Crippen LogP contribution in [0.5, 0.6) is 0 Å². The van der Waals surface area contributed by atoms with Gasteiger partial charge in [0.15, 0.2) is 0 Å². The van der Waals surface area contributed by atoms with Gasteiger partial charge in [-0.15, -0.1) is 0 Å². The predicted octanol–water partition coefficient (Wildman–Crippen LogP) is 1.40. The van der Waals surface area contributed by atoms with Gasteiger partial charge in [-0.1, -0.05) is 24.4 Å². The highest BCUT2D eigenvalue weighted by molar-refractivity contribution is 8.59. The van der Waals surface area contributed by atoms with Crippen molar-refractivity contribution in [2.45, 2.75) is 0 Å². The van der Waals surface area contributed by atoms with Crippen LogP contribution in [0.15, 0.2) is 24.3 Å². The maximum atomic E-state index is 11.8. The van der Waals surface area contributed by atoms with Crippen LogP contribution >= 0.6 is 17.9 Å². The molecule has 2 rings (SSSR count). The molecule has 0 bridgehead atoms. The zero-order valence-electron chi connectivity index (χ0n) is 8.44. The van der Waals surface area contributed by atoms with E-state index in [2.05, 4.69) is 24.1 Å². The summed E-state index contributed by atoms with van der Waals surface area (Å²) in [6, 6.07) is 6.46. The van der Waals surface area contributed by atoms with E-state index >= 15 is 0 Å². The first-order chi connectivity index (χ1) is 7.90. The van der Waals surface area contributed by atoms with Crippen molar-refractivity contribution in [3.8, 4) is 0 Å². The molecule has 1 aliphatic rings. The van der Waals surface area contributed by atoms with Gasteiger partial charge in [0.05, 0.1) is 11.1 Å². The van der Waals surface area contributed by atoms with Crippen molar-refractivity contribution < 1.29 is 19.0 Å². The maximum absolute atomic E-state index is 11.8. The van der Waals surface area contributed by atoms with Gasteiger partial charge in [0, 0.05) is 0 Å². The van der Waals surface area contributed by atoms with Crippen molar-refractivity contribution in [2.75, 3.05) is 6.73 Å². The molecule has 17 heavy (non-hydrogen) atoms. The van der Waals surface area contributed by atoms with Gasteiger partial charge in [-0.25, -0.2) is 4.90 Å². The minimum absolute atomic E-state index is 0.325. The molecular weight excluding hydrogens is 281 g/mol. The molecule has 5 nitrogen and oxygen atoms in total. The molecule has 1 atom stereocenters. The highest BCUT2D eigenvalue weighted by Crippen LogP contribution is 2.47. The second-order valence-corrected chi connectivity index (χ2v) is 8.50. The number of fused-ring (bicyclic) bond motifs is 1. The topological polar surface area (TPSA) is 66.8 Å². The number of rotatable bonds is 3. The van der Waals surface area contributed by atoms with Crippen LogP contribution in [-0.2, 0) is 16.3 Å². The normalized spacial score (nSPS) is 18.1. The molecule has 1 aliphatic heterocycles. The Morgan fingerprint density at radius 1 is 1.29 bits per heavy atom. The van der Waals surface area contributed by atoms with E-state index in [0.717, 1.165) is 4.90 Å². The summed E-state index contributed by atoms with van der Waals surface area (Å²) in [7, 11) is 0. The fraction of sp³-hybridized carbons (Fsp3) is 0.111. The molecule has 0 spiro atoms. The van der Waals surface area contributed by atoms with Crippen LogP contribution < -0.4 is 0 Å². The van der Waals surface area contributed by atoms with Crippen LogP contribution in [-0.4, -0.2) is 28.3 Å². The molecule has 1 aromatic carbocycles. The van der Waals surface area contributed by atoms with Crippen LogP contribution in [0.3, 0.4) is 0 Å². The standard InChI is InChI=1S/C9H8NO4PS2/c11-8-6-3-1-2-4-7(6)9(12)10(8)5-14-15(13,16)17/h1-4H,5H2,(H2,13,16,17). The molecule has 1 heterocycles. The number of benzene rings is 1. The van der Waals surface area contributed by atoms with Crippen LogP contribution in [0, 0.1) is 0 Å². The summed E-state index contributed by atoms with van der Waals surface area (Å²) in [5.41, 5.74) is -2.53. The number of amides is 2. The maximum Gasteiger partial charge on any atom is 0.263 e. The van der Waals surface area contributed by atoms with Gasteiger partial charge in [0.2, 0.25) is 5.69 Å². The molecule has 1 aromatic rings. The van der Waals surface area contributed by atoms with E-state index in [1.165, 1.54) is 0 Å². The molecule has 2 amide bonds. The molecule has 90 valence electrons. The lowest BCUT2D eigenvalue weighted by molar-refractivity contribution is 0.0530. The molecule has 8 heteroatoms. The van der Waals surface area contributed by atoms with Crippen LogP contribution in [0.25, 0.3) is 0 Å². The Kier molecular flexibility index (Phi) is 3.38. The fourth-order valence-electron chi connectivity index (χ4n) is 1.49. The SMILES string of the molecule is O=C1c2ccccc2C(=O)N1COP(O)(=S)S. The summed E-state index contributed by atoms with van der Waals surface area (Å²) >= 11 is 8.20. The van der Waals surface area contributed by atoms with Crippen molar-refractivity contribution in [1.82, 2.24) is 4.90 Å². The lowest BCUT2D eigenvalue weighted by atomic mass is 10.1. The summed E-state index contributed by atoms with van der Waals surface area (Å²) < 4.78 is 4.82. The third kappa shape index (κ3) is 2.59. The molecule has 0 radical (unpaired) electrons. The second-order valence-electron chi connectivity index (χ2n) is 3.33. The summed E-state index contributed by atoms with van der Waals surface area (Å²) in [6.45, 7) is -0.385. The van der Waals surface area contributed by atoms with Crippen molar-refractivity contribution in [2.24, 2.45) is 0 Å². The highest BCUT2D eigenvalue weighted by atomic mass is 32.9. The van der Waals surface area contributed by atoms with E-state index in [9.17, 15) is 14.5 Å². The fourth-order valence-corrected chi connectivity index (χ4v) is 2.05. The molecule has 1 unspecified atom stereocenters. The summed E-state index contributed by atoms with van der Waals surface area (Å²) in [5.74, 6) is -0.912. The molecule has 1 N–H and O–H groups in total. The average molecular weight is 289 g/mol. The van der Waals surface area contributed by atoms with Crippen molar-refractivity contribution >= 4 is 41.6 Å². The predicted molar refractivity (Wildman–Crippen MR) is 68.4 cm³/mol. The number of carbonyl (C=O) groups is 2. The van der Waals surface area contributed by atoms with Gasteiger partial charge in [0.1, 0.15) is 6.73 Å². The second kappa shape index (κ2) is 4.51. The van der Waals surface area contributed by atoms with Gasteiger partial charge in [-0.3, -0.25) is 14.1 Å². The molecular formula is C9H8NO4PS2. The molecule has 0 aliphatic carbocycles. The Morgan fingerprint density at radius 3 is 2.18 bits per heavy atom. The number of nitrogens with zero attached hydrogens (tertiary/aromatic N) is 1. The van der Waals surface area contributed by atoms with Crippen molar-refractivity contribution in [1.29, 1.82) is 0 Å². The zero-order chi connectivity index (χ0) is 12.6. The van der Waals surface area contributed by atoms with E-state index in [4.69, 9.17) is 4.52 Å².